The van der Waals surface area contributed by atoms with Crippen molar-refractivity contribution in [2.24, 2.45) is 0 Å². The van der Waals surface area contributed by atoms with Gasteiger partial charge >= 0.3 is 0 Å². The predicted molar refractivity (Wildman–Crippen MR) is 163 cm³/mol. The van der Waals surface area contributed by atoms with E-state index in [0.717, 1.165) is 22.0 Å². The quantitative estimate of drug-likeness (QED) is 0.228. The Labute approximate surface area is 255 Å². The van der Waals surface area contributed by atoms with E-state index in [9.17, 15) is 26.8 Å². The minimum atomic E-state index is -4.36. The molecule has 8 nitrogen and oxygen atoms in total. The number of carbonyl (C=O) groups excluding carboxylic acids is 2. The molecule has 4 rings (SSSR count). The highest BCUT2D eigenvalue weighted by molar-refractivity contribution is 7.92. The van der Waals surface area contributed by atoms with Gasteiger partial charge in [0, 0.05) is 20.0 Å². The maximum Gasteiger partial charge on any atom is 0.264 e. The van der Waals surface area contributed by atoms with Crippen molar-refractivity contribution < 1.29 is 31.5 Å². The van der Waals surface area contributed by atoms with Crippen LogP contribution in [0.4, 0.5) is 14.5 Å². The summed E-state index contributed by atoms with van der Waals surface area (Å²) < 4.78 is 61.9. The topological polar surface area (TPSA) is 96.0 Å². The van der Waals surface area contributed by atoms with Gasteiger partial charge in [-0.3, -0.25) is 13.9 Å². The fourth-order valence-electron chi connectivity index (χ4n) is 4.64. The van der Waals surface area contributed by atoms with Crippen LogP contribution in [-0.4, -0.2) is 51.4 Å². The third kappa shape index (κ3) is 7.99. The van der Waals surface area contributed by atoms with Gasteiger partial charge in [-0.05, 0) is 78.7 Å². The number of ether oxygens (including phenoxy) is 1. The van der Waals surface area contributed by atoms with Crippen LogP contribution >= 0.6 is 0 Å². The molecule has 0 saturated heterocycles. The molecule has 0 spiro atoms. The van der Waals surface area contributed by atoms with E-state index >= 15 is 0 Å². The first-order valence-corrected chi connectivity index (χ1v) is 15.4. The van der Waals surface area contributed by atoms with Crippen molar-refractivity contribution >= 4 is 27.5 Å². The molecule has 0 radical (unpaired) electrons. The molecular formula is C33H33F2N3O5S. The summed E-state index contributed by atoms with van der Waals surface area (Å²) in [5.74, 6) is -1.75. The minimum absolute atomic E-state index is 0.0509. The number of benzene rings is 4. The highest BCUT2D eigenvalue weighted by atomic mass is 32.2. The molecule has 4 aromatic carbocycles. The maximum atomic E-state index is 14.2. The molecule has 1 unspecified atom stereocenters. The van der Waals surface area contributed by atoms with Crippen LogP contribution in [0.2, 0.25) is 0 Å². The third-order valence-electron chi connectivity index (χ3n) is 6.90. The van der Waals surface area contributed by atoms with Gasteiger partial charge in [0.05, 0.1) is 17.2 Å². The average molecular weight is 622 g/mol. The number of halogens is 2. The Morgan fingerprint density at radius 3 is 1.98 bits per heavy atom. The maximum absolute atomic E-state index is 14.2. The molecule has 0 heterocycles. The van der Waals surface area contributed by atoms with E-state index in [1.165, 1.54) is 72.6 Å². The standard InChI is InChI=1S/C33H33F2N3O5S/c1-3-43-29-17-19-30(20-18-29)44(41,42)38(28-15-13-27(35)14-16-28)23-32(39)37(22-25-9-11-26(34)12-10-25)31(33(40)36-2)21-24-7-5-4-6-8-24/h4-20,31H,3,21-23H2,1-2H3,(H,36,40). The molecule has 4 aromatic rings. The van der Waals surface area contributed by atoms with Crippen molar-refractivity contribution in [2.75, 3.05) is 24.5 Å². The zero-order valence-electron chi connectivity index (χ0n) is 24.3. The van der Waals surface area contributed by atoms with Gasteiger partial charge in [0.2, 0.25) is 11.8 Å². The second-order valence-electron chi connectivity index (χ2n) is 9.86. The molecule has 2 amide bonds. The first-order chi connectivity index (χ1) is 21.1. The van der Waals surface area contributed by atoms with Gasteiger partial charge in [-0.25, -0.2) is 17.2 Å². The van der Waals surface area contributed by atoms with Gasteiger partial charge in [0.1, 0.15) is 30.0 Å². The third-order valence-corrected chi connectivity index (χ3v) is 8.69. The summed E-state index contributed by atoms with van der Waals surface area (Å²) >= 11 is 0. The molecule has 230 valence electrons. The van der Waals surface area contributed by atoms with Crippen molar-refractivity contribution in [3.05, 3.63) is 126 Å². The Morgan fingerprint density at radius 2 is 1.41 bits per heavy atom. The Balaban J connectivity index is 1.76. The van der Waals surface area contributed by atoms with Crippen LogP contribution in [0.5, 0.6) is 5.75 Å². The smallest absolute Gasteiger partial charge is 0.264 e. The Hall–Kier alpha value is -4.77. The highest BCUT2D eigenvalue weighted by Crippen LogP contribution is 2.27. The number of nitrogens with zero attached hydrogens (tertiary/aromatic N) is 2. The fourth-order valence-corrected chi connectivity index (χ4v) is 6.06. The van der Waals surface area contributed by atoms with Crippen molar-refractivity contribution in [1.29, 1.82) is 0 Å². The van der Waals surface area contributed by atoms with Gasteiger partial charge in [0.25, 0.3) is 10.0 Å². The molecule has 0 aromatic heterocycles. The second-order valence-corrected chi connectivity index (χ2v) is 11.7. The van der Waals surface area contributed by atoms with Crippen molar-refractivity contribution in [3.8, 4) is 5.75 Å². The molecule has 44 heavy (non-hydrogen) atoms. The minimum Gasteiger partial charge on any atom is -0.494 e. The van der Waals surface area contributed by atoms with Crippen LogP contribution in [0.1, 0.15) is 18.1 Å². The number of amides is 2. The van der Waals surface area contributed by atoms with Gasteiger partial charge in [0.15, 0.2) is 0 Å². The number of nitrogens with one attached hydrogen (secondary N) is 1. The van der Waals surface area contributed by atoms with E-state index in [-0.39, 0.29) is 23.5 Å². The largest absolute Gasteiger partial charge is 0.494 e. The van der Waals surface area contributed by atoms with Crippen LogP contribution < -0.4 is 14.4 Å². The number of carbonyl (C=O) groups is 2. The molecule has 1 atom stereocenters. The van der Waals surface area contributed by atoms with Crippen molar-refractivity contribution in [1.82, 2.24) is 10.2 Å². The summed E-state index contributed by atoms with van der Waals surface area (Å²) in [6, 6.07) is 24.0. The monoisotopic (exact) mass is 621 g/mol. The van der Waals surface area contributed by atoms with Gasteiger partial charge < -0.3 is 15.0 Å². The fraction of sp³-hybridized carbons (Fsp3) is 0.212. The molecule has 0 aliphatic carbocycles. The lowest BCUT2D eigenvalue weighted by Crippen LogP contribution is -2.53. The first-order valence-electron chi connectivity index (χ1n) is 13.9. The predicted octanol–water partition coefficient (Wildman–Crippen LogP) is 4.94. The summed E-state index contributed by atoms with van der Waals surface area (Å²) in [4.78, 5) is 28.6. The van der Waals surface area contributed by atoms with Gasteiger partial charge in [-0.15, -0.1) is 0 Å². The van der Waals surface area contributed by atoms with Crippen LogP contribution in [0, 0.1) is 11.6 Å². The van der Waals surface area contributed by atoms with Crippen molar-refractivity contribution in [2.45, 2.75) is 30.8 Å². The normalized spacial score (nSPS) is 11.8. The van der Waals surface area contributed by atoms with Crippen LogP contribution in [0.3, 0.4) is 0 Å². The molecule has 0 bridgehead atoms. The van der Waals surface area contributed by atoms with E-state index in [1.807, 2.05) is 30.3 Å². The van der Waals surface area contributed by atoms with E-state index < -0.39 is 46.1 Å². The lowest BCUT2D eigenvalue weighted by atomic mass is 10.0. The number of anilines is 1. The average Bonchev–Trinajstić information content (AvgIpc) is 3.03. The lowest BCUT2D eigenvalue weighted by Gasteiger charge is -2.33. The number of sulfonamides is 1. The summed E-state index contributed by atoms with van der Waals surface area (Å²) in [6.07, 6.45) is 0.135. The number of likely N-dealkylation sites (N-methyl/N-ethyl adjacent to an activating group) is 1. The van der Waals surface area contributed by atoms with Crippen LogP contribution in [0.15, 0.2) is 108 Å². The first kappa shape index (κ1) is 32.2. The van der Waals surface area contributed by atoms with Gasteiger partial charge in [-0.1, -0.05) is 42.5 Å². The molecule has 0 fully saturated rings. The van der Waals surface area contributed by atoms with E-state index in [2.05, 4.69) is 5.32 Å². The SMILES string of the molecule is CCOc1ccc(S(=O)(=O)N(CC(=O)N(Cc2ccc(F)cc2)C(Cc2ccccc2)C(=O)NC)c2ccc(F)cc2)cc1. The Bertz CT molecular complexity index is 1650. The van der Waals surface area contributed by atoms with E-state index in [1.54, 1.807) is 6.92 Å². The molecular weight excluding hydrogens is 588 g/mol. The lowest BCUT2D eigenvalue weighted by molar-refractivity contribution is -0.139. The number of rotatable bonds is 13. The van der Waals surface area contributed by atoms with Gasteiger partial charge in [-0.2, -0.15) is 0 Å². The Kier molecular flexibility index (Phi) is 10.7. The zero-order valence-corrected chi connectivity index (χ0v) is 25.1. The molecule has 0 aliphatic rings. The second kappa shape index (κ2) is 14.6. The van der Waals surface area contributed by atoms with Crippen molar-refractivity contribution in [3.63, 3.8) is 0 Å². The summed E-state index contributed by atoms with van der Waals surface area (Å²) in [6.45, 7) is 1.38. The summed E-state index contributed by atoms with van der Waals surface area (Å²) in [5, 5.41) is 2.60. The van der Waals surface area contributed by atoms with E-state index in [4.69, 9.17) is 4.74 Å². The molecule has 0 aliphatic heterocycles. The Morgan fingerprint density at radius 1 is 0.818 bits per heavy atom. The highest BCUT2D eigenvalue weighted by Gasteiger charge is 2.34. The summed E-state index contributed by atoms with van der Waals surface area (Å²) in [7, 11) is -2.91. The molecule has 11 heteroatoms. The zero-order chi connectivity index (χ0) is 31.7. The van der Waals surface area contributed by atoms with E-state index in [0.29, 0.717) is 17.9 Å². The van der Waals surface area contributed by atoms with Crippen LogP contribution in [-0.2, 0) is 32.6 Å². The number of hydrogen-bond acceptors (Lipinski definition) is 5. The van der Waals surface area contributed by atoms with Crippen LogP contribution in [0.25, 0.3) is 0 Å². The number of hydrogen-bond donors (Lipinski definition) is 1. The molecule has 0 saturated carbocycles. The molecule has 1 N–H and O–H groups in total. The summed E-state index contributed by atoms with van der Waals surface area (Å²) in [5.41, 5.74) is 1.36.